The summed E-state index contributed by atoms with van der Waals surface area (Å²) in [7, 11) is 0. The molecule has 130 valence electrons. The molecule has 1 saturated heterocycles. The van der Waals surface area contributed by atoms with Gasteiger partial charge in [-0.25, -0.2) is 0 Å². The smallest absolute Gasteiger partial charge is 0.114 e. The van der Waals surface area contributed by atoms with Gasteiger partial charge in [-0.1, -0.05) is 38.2 Å². The number of aliphatic hydroxyl groups is 3. The summed E-state index contributed by atoms with van der Waals surface area (Å²) in [4.78, 5) is 0. The zero-order valence-electron chi connectivity index (χ0n) is 13.5. The summed E-state index contributed by atoms with van der Waals surface area (Å²) < 4.78 is 10.9. The highest BCUT2D eigenvalue weighted by molar-refractivity contribution is 4.89. The summed E-state index contributed by atoms with van der Waals surface area (Å²) in [6.45, 7) is 4.03. The second kappa shape index (κ2) is 12.0. The van der Waals surface area contributed by atoms with Crippen LogP contribution in [0.4, 0.5) is 0 Å². The van der Waals surface area contributed by atoms with Crippen molar-refractivity contribution in [3.05, 3.63) is 12.7 Å². The van der Waals surface area contributed by atoms with E-state index in [-0.39, 0.29) is 13.2 Å². The quantitative estimate of drug-likeness (QED) is 0.357. The number of unbranched alkanes of at least 4 members (excludes halogenated alkanes) is 7. The van der Waals surface area contributed by atoms with E-state index in [1.807, 2.05) is 6.08 Å². The summed E-state index contributed by atoms with van der Waals surface area (Å²) in [6.07, 6.45) is 8.46. The van der Waals surface area contributed by atoms with E-state index >= 15 is 0 Å². The maximum absolute atomic E-state index is 9.80. The number of hydrogen-bond acceptors (Lipinski definition) is 5. The minimum absolute atomic E-state index is 0.150. The first kappa shape index (κ1) is 19.6. The first-order chi connectivity index (χ1) is 10.7. The molecule has 1 heterocycles. The predicted octanol–water partition coefficient (Wildman–Crippen LogP) is 1.79. The summed E-state index contributed by atoms with van der Waals surface area (Å²) in [5, 5.41) is 28.4. The molecule has 0 aliphatic carbocycles. The first-order valence-corrected chi connectivity index (χ1v) is 8.51. The topological polar surface area (TPSA) is 79.2 Å². The van der Waals surface area contributed by atoms with E-state index < -0.39 is 24.4 Å². The van der Waals surface area contributed by atoms with Crippen molar-refractivity contribution in [3.8, 4) is 0 Å². The molecule has 0 amide bonds. The average molecular weight is 316 g/mol. The SMILES string of the molecule is C=CCCCCCCCCCO[C@H]1[C@@H]([C@@H](O)CO)OC[C@H]1O. The molecule has 1 aliphatic rings. The van der Waals surface area contributed by atoms with Gasteiger partial charge in [0, 0.05) is 6.61 Å². The van der Waals surface area contributed by atoms with Crippen molar-refractivity contribution in [3.63, 3.8) is 0 Å². The lowest BCUT2D eigenvalue weighted by Crippen LogP contribution is -2.42. The van der Waals surface area contributed by atoms with Crippen LogP contribution < -0.4 is 0 Å². The molecule has 0 bridgehead atoms. The van der Waals surface area contributed by atoms with Gasteiger partial charge < -0.3 is 24.8 Å². The molecule has 0 aromatic carbocycles. The van der Waals surface area contributed by atoms with Crippen LogP contribution in [0.25, 0.3) is 0 Å². The zero-order valence-corrected chi connectivity index (χ0v) is 13.5. The van der Waals surface area contributed by atoms with Crippen LogP contribution in [0.1, 0.15) is 51.4 Å². The van der Waals surface area contributed by atoms with Crippen molar-refractivity contribution in [2.75, 3.05) is 19.8 Å². The third-order valence-corrected chi connectivity index (χ3v) is 4.09. The summed E-state index contributed by atoms with van der Waals surface area (Å²) in [5.74, 6) is 0. The van der Waals surface area contributed by atoms with Crippen molar-refractivity contribution in [2.45, 2.75) is 75.8 Å². The van der Waals surface area contributed by atoms with Gasteiger partial charge in [-0.05, 0) is 19.3 Å². The minimum Gasteiger partial charge on any atom is -0.394 e. The molecule has 0 unspecified atom stereocenters. The number of hydrogen-bond donors (Lipinski definition) is 3. The van der Waals surface area contributed by atoms with E-state index in [9.17, 15) is 10.2 Å². The van der Waals surface area contributed by atoms with Crippen LogP contribution in [0.15, 0.2) is 12.7 Å². The fourth-order valence-electron chi connectivity index (χ4n) is 2.75. The molecular weight excluding hydrogens is 284 g/mol. The second-order valence-corrected chi connectivity index (χ2v) is 6.00. The number of ether oxygens (including phenoxy) is 2. The van der Waals surface area contributed by atoms with Crippen LogP contribution in [-0.4, -0.2) is 59.6 Å². The fraction of sp³-hybridized carbons (Fsp3) is 0.882. The van der Waals surface area contributed by atoms with Crippen LogP contribution >= 0.6 is 0 Å². The van der Waals surface area contributed by atoms with Gasteiger partial charge in [-0.2, -0.15) is 0 Å². The highest BCUT2D eigenvalue weighted by Crippen LogP contribution is 2.21. The molecule has 5 nitrogen and oxygen atoms in total. The van der Waals surface area contributed by atoms with Crippen molar-refractivity contribution < 1.29 is 24.8 Å². The van der Waals surface area contributed by atoms with Crippen molar-refractivity contribution in [1.82, 2.24) is 0 Å². The Balaban J connectivity index is 2.02. The zero-order chi connectivity index (χ0) is 16.2. The van der Waals surface area contributed by atoms with Gasteiger partial charge in [0.25, 0.3) is 0 Å². The fourth-order valence-corrected chi connectivity index (χ4v) is 2.75. The molecule has 22 heavy (non-hydrogen) atoms. The maximum Gasteiger partial charge on any atom is 0.114 e. The van der Waals surface area contributed by atoms with Gasteiger partial charge in [0.15, 0.2) is 0 Å². The molecular formula is C17H32O5. The highest BCUT2D eigenvalue weighted by atomic mass is 16.6. The van der Waals surface area contributed by atoms with Gasteiger partial charge in [0.2, 0.25) is 0 Å². The van der Waals surface area contributed by atoms with Crippen LogP contribution in [0.2, 0.25) is 0 Å². The van der Waals surface area contributed by atoms with E-state index in [1.165, 1.54) is 32.1 Å². The standard InChI is InChI=1S/C17H32O5/c1-2-3-4-5-6-7-8-9-10-11-21-17-15(20)13-22-16(17)14(19)12-18/h2,14-20H,1,3-13H2/t14-,15+,16+,17+/m0/s1. The van der Waals surface area contributed by atoms with Crippen LogP contribution in [0, 0.1) is 0 Å². The molecule has 0 radical (unpaired) electrons. The lowest BCUT2D eigenvalue weighted by Gasteiger charge is -2.23. The Labute approximate surface area is 133 Å². The van der Waals surface area contributed by atoms with Gasteiger partial charge in [-0.3, -0.25) is 0 Å². The largest absolute Gasteiger partial charge is 0.394 e. The normalized spacial score (nSPS) is 26.2. The van der Waals surface area contributed by atoms with Crippen LogP contribution in [0.5, 0.6) is 0 Å². The Morgan fingerprint density at radius 1 is 1.14 bits per heavy atom. The summed E-state index contributed by atoms with van der Waals surface area (Å²) >= 11 is 0. The van der Waals surface area contributed by atoms with E-state index in [0.29, 0.717) is 6.61 Å². The third kappa shape index (κ3) is 7.20. The monoisotopic (exact) mass is 316 g/mol. The molecule has 0 saturated carbocycles. The maximum atomic E-state index is 9.80. The first-order valence-electron chi connectivity index (χ1n) is 8.51. The van der Waals surface area contributed by atoms with E-state index in [1.54, 1.807) is 0 Å². The second-order valence-electron chi connectivity index (χ2n) is 6.00. The third-order valence-electron chi connectivity index (χ3n) is 4.09. The Hall–Kier alpha value is -0.460. The van der Waals surface area contributed by atoms with Gasteiger partial charge in [0.05, 0.1) is 13.2 Å². The molecule has 5 heteroatoms. The minimum atomic E-state index is -1.00. The Bertz CT molecular complexity index is 284. The van der Waals surface area contributed by atoms with Crippen LogP contribution in [0.3, 0.4) is 0 Å². The molecule has 4 atom stereocenters. The predicted molar refractivity (Wildman–Crippen MR) is 85.7 cm³/mol. The van der Waals surface area contributed by atoms with Crippen molar-refractivity contribution in [2.24, 2.45) is 0 Å². The lowest BCUT2D eigenvalue weighted by atomic mass is 10.1. The molecule has 0 aromatic heterocycles. The van der Waals surface area contributed by atoms with Crippen molar-refractivity contribution in [1.29, 1.82) is 0 Å². The van der Waals surface area contributed by atoms with Crippen molar-refractivity contribution >= 4 is 0 Å². The number of rotatable bonds is 13. The Morgan fingerprint density at radius 3 is 2.41 bits per heavy atom. The van der Waals surface area contributed by atoms with E-state index in [4.69, 9.17) is 14.6 Å². The Kier molecular flexibility index (Phi) is 10.7. The molecule has 1 fully saturated rings. The molecule has 0 aromatic rings. The number of allylic oxidation sites excluding steroid dienone is 1. The van der Waals surface area contributed by atoms with Gasteiger partial charge in [-0.15, -0.1) is 6.58 Å². The highest BCUT2D eigenvalue weighted by Gasteiger charge is 2.40. The molecule has 1 rings (SSSR count). The molecule has 3 N–H and O–H groups in total. The van der Waals surface area contributed by atoms with Crippen LogP contribution in [-0.2, 0) is 9.47 Å². The van der Waals surface area contributed by atoms with E-state index in [2.05, 4.69) is 6.58 Å². The number of aliphatic hydroxyl groups excluding tert-OH is 3. The Morgan fingerprint density at radius 2 is 1.77 bits per heavy atom. The van der Waals surface area contributed by atoms with Gasteiger partial charge >= 0.3 is 0 Å². The molecule has 0 spiro atoms. The molecule has 1 aliphatic heterocycles. The van der Waals surface area contributed by atoms with Gasteiger partial charge in [0.1, 0.15) is 24.4 Å². The summed E-state index contributed by atoms with van der Waals surface area (Å²) in [5.41, 5.74) is 0. The average Bonchev–Trinajstić information content (AvgIpc) is 2.89. The lowest BCUT2D eigenvalue weighted by molar-refractivity contribution is -0.0938. The van der Waals surface area contributed by atoms with E-state index in [0.717, 1.165) is 19.3 Å². The summed E-state index contributed by atoms with van der Waals surface area (Å²) in [6, 6.07) is 0.